The van der Waals surface area contributed by atoms with Gasteiger partial charge < -0.3 is 15.8 Å². The number of amides is 1. The molecule has 0 fully saturated rings. The number of benzene rings is 2. The summed E-state index contributed by atoms with van der Waals surface area (Å²) in [6.45, 7) is 1.62. The molecule has 0 aromatic heterocycles. The van der Waals surface area contributed by atoms with Crippen molar-refractivity contribution in [2.24, 2.45) is 5.73 Å². The molecule has 0 radical (unpaired) electrons. The van der Waals surface area contributed by atoms with Gasteiger partial charge in [0.15, 0.2) is 17.3 Å². The number of nitrogens with two attached hydrogens (primary N) is 1. The van der Waals surface area contributed by atoms with Gasteiger partial charge in [0, 0.05) is 13.5 Å². The summed E-state index contributed by atoms with van der Waals surface area (Å²) in [4.78, 5) is 11.2. The molecule has 2 rings (SSSR count). The normalized spacial score (nSPS) is 10.3. The lowest BCUT2D eigenvalue weighted by Crippen LogP contribution is -2.07. The Morgan fingerprint density at radius 3 is 2.67 bits per heavy atom. The van der Waals surface area contributed by atoms with Gasteiger partial charge in [0.25, 0.3) is 0 Å². The topological polar surface area (TPSA) is 64.3 Å². The number of halogens is 2. The highest BCUT2D eigenvalue weighted by Crippen LogP contribution is 2.34. The van der Waals surface area contributed by atoms with E-state index in [0.717, 1.165) is 0 Å². The second-order valence-corrected chi connectivity index (χ2v) is 5.13. The SMILES string of the molecule is CC(=O)Nc1ccccc1Oc1ccc(CN)c(Br)c1F. The number of anilines is 1. The van der Waals surface area contributed by atoms with E-state index in [1.54, 1.807) is 30.3 Å². The zero-order chi connectivity index (χ0) is 15.4. The molecule has 0 saturated heterocycles. The average Bonchev–Trinajstić information content (AvgIpc) is 2.45. The molecule has 0 saturated carbocycles. The van der Waals surface area contributed by atoms with E-state index in [-0.39, 0.29) is 22.7 Å². The van der Waals surface area contributed by atoms with E-state index in [2.05, 4.69) is 21.2 Å². The molecule has 2 aromatic rings. The van der Waals surface area contributed by atoms with Crippen molar-refractivity contribution in [3.8, 4) is 11.5 Å². The minimum Gasteiger partial charge on any atom is -0.452 e. The maximum absolute atomic E-state index is 14.2. The first kappa shape index (κ1) is 15.5. The van der Waals surface area contributed by atoms with Gasteiger partial charge in [0.2, 0.25) is 5.91 Å². The van der Waals surface area contributed by atoms with Crippen LogP contribution in [-0.4, -0.2) is 5.91 Å². The van der Waals surface area contributed by atoms with E-state index in [1.165, 1.54) is 13.0 Å². The molecule has 0 aliphatic heterocycles. The van der Waals surface area contributed by atoms with Crippen molar-refractivity contribution in [2.45, 2.75) is 13.5 Å². The number of para-hydroxylation sites is 2. The Labute approximate surface area is 130 Å². The van der Waals surface area contributed by atoms with E-state index in [0.29, 0.717) is 17.0 Å². The Kier molecular flexibility index (Phi) is 4.93. The first-order chi connectivity index (χ1) is 10.0. The zero-order valence-corrected chi connectivity index (χ0v) is 12.9. The molecule has 3 N–H and O–H groups in total. The highest BCUT2D eigenvalue weighted by Gasteiger charge is 2.14. The summed E-state index contributed by atoms with van der Waals surface area (Å²) in [5, 5.41) is 2.63. The number of carbonyl (C=O) groups excluding carboxylic acids is 1. The van der Waals surface area contributed by atoms with Gasteiger partial charge in [-0.25, -0.2) is 4.39 Å². The minimum absolute atomic E-state index is 0.0527. The standard InChI is InChI=1S/C15H14BrFN2O2/c1-9(20)19-11-4-2-3-5-12(11)21-13-7-6-10(8-18)14(16)15(13)17/h2-7H,8,18H2,1H3,(H,19,20). The highest BCUT2D eigenvalue weighted by molar-refractivity contribution is 9.10. The van der Waals surface area contributed by atoms with Crippen LogP contribution in [0.5, 0.6) is 11.5 Å². The van der Waals surface area contributed by atoms with Gasteiger partial charge >= 0.3 is 0 Å². The Balaban J connectivity index is 2.35. The predicted molar refractivity (Wildman–Crippen MR) is 82.8 cm³/mol. The molecule has 0 aliphatic carbocycles. The molecule has 21 heavy (non-hydrogen) atoms. The number of hydrogen-bond acceptors (Lipinski definition) is 3. The molecular weight excluding hydrogens is 339 g/mol. The smallest absolute Gasteiger partial charge is 0.221 e. The lowest BCUT2D eigenvalue weighted by atomic mass is 10.2. The first-order valence-electron chi connectivity index (χ1n) is 6.24. The molecule has 6 heteroatoms. The Morgan fingerprint density at radius 2 is 2.00 bits per heavy atom. The summed E-state index contributed by atoms with van der Waals surface area (Å²) in [5.74, 6) is -0.349. The average molecular weight is 353 g/mol. The van der Waals surface area contributed by atoms with Gasteiger partial charge in [-0.15, -0.1) is 0 Å². The van der Waals surface area contributed by atoms with Gasteiger partial charge in [-0.2, -0.15) is 0 Å². The maximum atomic E-state index is 14.2. The van der Waals surface area contributed by atoms with Crippen LogP contribution in [0, 0.1) is 5.82 Å². The summed E-state index contributed by atoms with van der Waals surface area (Å²) in [5.41, 5.74) is 6.64. The van der Waals surface area contributed by atoms with Crippen molar-refractivity contribution in [3.05, 3.63) is 52.3 Å². The molecule has 0 bridgehead atoms. The van der Waals surface area contributed by atoms with E-state index in [9.17, 15) is 9.18 Å². The third-order valence-corrected chi connectivity index (χ3v) is 3.62. The summed E-state index contributed by atoms with van der Waals surface area (Å²) in [6, 6.07) is 10.0. The van der Waals surface area contributed by atoms with E-state index < -0.39 is 5.82 Å². The zero-order valence-electron chi connectivity index (χ0n) is 11.3. The molecule has 1 amide bonds. The Morgan fingerprint density at radius 1 is 1.29 bits per heavy atom. The third kappa shape index (κ3) is 3.59. The first-order valence-corrected chi connectivity index (χ1v) is 7.03. The van der Waals surface area contributed by atoms with Crippen LogP contribution in [-0.2, 0) is 11.3 Å². The van der Waals surface area contributed by atoms with Gasteiger partial charge in [0.1, 0.15) is 0 Å². The van der Waals surface area contributed by atoms with Crippen LogP contribution in [0.25, 0.3) is 0 Å². The molecule has 110 valence electrons. The monoisotopic (exact) mass is 352 g/mol. The van der Waals surface area contributed by atoms with Crippen LogP contribution in [0.15, 0.2) is 40.9 Å². The molecule has 2 aromatic carbocycles. The fraction of sp³-hybridized carbons (Fsp3) is 0.133. The largest absolute Gasteiger partial charge is 0.452 e. The van der Waals surface area contributed by atoms with Crippen LogP contribution < -0.4 is 15.8 Å². The van der Waals surface area contributed by atoms with Crippen molar-refractivity contribution in [1.29, 1.82) is 0 Å². The second-order valence-electron chi connectivity index (χ2n) is 4.33. The van der Waals surface area contributed by atoms with Gasteiger partial charge in [-0.1, -0.05) is 18.2 Å². The minimum atomic E-state index is -0.532. The summed E-state index contributed by atoms with van der Waals surface area (Å²) in [6.07, 6.45) is 0. The maximum Gasteiger partial charge on any atom is 0.221 e. The molecule has 0 atom stereocenters. The predicted octanol–water partition coefficient (Wildman–Crippen LogP) is 3.80. The Bertz CT molecular complexity index is 677. The van der Waals surface area contributed by atoms with Crippen molar-refractivity contribution in [3.63, 3.8) is 0 Å². The molecule has 0 heterocycles. The van der Waals surface area contributed by atoms with E-state index in [4.69, 9.17) is 10.5 Å². The molecule has 4 nitrogen and oxygen atoms in total. The number of ether oxygens (including phenoxy) is 1. The van der Waals surface area contributed by atoms with Gasteiger partial charge in [-0.3, -0.25) is 4.79 Å². The van der Waals surface area contributed by atoms with E-state index in [1.807, 2.05) is 0 Å². The van der Waals surface area contributed by atoms with Crippen LogP contribution in [0.2, 0.25) is 0 Å². The second kappa shape index (κ2) is 6.69. The van der Waals surface area contributed by atoms with E-state index >= 15 is 0 Å². The fourth-order valence-corrected chi connectivity index (χ4v) is 2.26. The van der Waals surface area contributed by atoms with Crippen molar-refractivity contribution < 1.29 is 13.9 Å². The van der Waals surface area contributed by atoms with Crippen LogP contribution in [0.1, 0.15) is 12.5 Å². The van der Waals surface area contributed by atoms with Crippen molar-refractivity contribution in [2.75, 3.05) is 5.32 Å². The lowest BCUT2D eigenvalue weighted by molar-refractivity contribution is -0.114. The third-order valence-electron chi connectivity index (χ3n) is 2.76. The Hall–Kier alpha value is -1.92. The summed E-state index contributed by atoms with van der Waals surface area (Å²) in [7, 11) is 0. The molecule has 0 spiro atoms. The van der Waals surface area contributed by atoms with Crippen molar-refractivity contribution in [1.82, 2.24) is 0 Å². The highest BCUT2D eigenvalue weighted by atomic mass is 79.9. The quantitative estimate of drug-likeness (QED) is 0.879. The molecular formula is C15H14BrFN2O2. The number of carbonyl (C=O) groups is 1. The number of rotatable bonds is 4. The summed E-state index contributed by atoms with van der Waals surface area (Å²) < 4.78 is 20.1. The molecule has 0 aliphatic rings. The lowest BCUT2D eigenvalue weighted by Gasteiger charge is -2.13. The fourth-order valence-electron chi connectivity index (χ4n) is 1.78. The van der Waals surface area contributed by atoms with Crippen LogP contribution in [0.3, 0.4) is 0 Å². The number of nitrogens with one attached hydrogen (secondary N) is 1. The van der Waals surface area contributed by atoms with Crippen LogP contribution in [0.4, 0.5) is 10.1 Å². The molecule has 0 unspecified atom stereocenters. The number of hydrogen-bond donors (Lipinski definition) is 2. The van der Waals surface area contributed by atoms with Crippen molar-refractivity contribution >= 4 is 27.5 Å². The van der Waals surface area contributed by atoms with Gasteiger partial charge in [0.05, 0.1) is 10.2 Å². The van der Waals surface area contributed by atoms with Gasteiger partial charge in [-0.05, 0) is 39.7 Å². The summed E-state index contributed by atoms with van der Waals surface area (Å²) >= 11 is 3.16. The van der Waals surface area contributed by atoms with Crippen LogP contribution >= 0.6 is 15.9 Å².